The van der Waals surface area contributed by atoms with E-state index >= 15 is 0 Å². The van der Waals surface area contributed by atoms with E-state index in [9.17, 15) is 4.39 Å². The summed E-state index contributed by atoms with van der Waals surface area (Å²) in [7, 11) is 0. The number of thiazole rings is 1. The maximum Gasteiger partial charge on any atom is 0.125 e. The van der Waals surface area contributed by atoms with Gasteiger partial charge in [0.25, 0.3) is 0 Å². The van der Waals surface area contributed by atoms with E-state index in [4.69, 9.17) is 4.98 Å². The molecule has 0 saturated carbocycles. The quantitative estimate of drug-likeness (QED) is 0.812. The molecule has 0 radical (unpaired) electrons. The lowest BCUT2D eigenvalue weighted by atomic mass is 9.98. The minimum Gasteiger partial charge on any atom is -0.309 e. The first-order valence-electron chi connectivity index (χ1n) is 7.37. The molecular weight excluding hydrogens is 351 g/mol. The molecule has 112 valence electrons. The Labute approximate surface area is 136 Å². The maximum atomic E-state index is 13.2. The predicted octanol–water partition coefficient (Wildman–Crippen LogP) is 5.09. The molecule has 5 heteroatoms. The SMILES string of the molecule is CCCNC1CCCc2nc(-c3ccc(F)cc3Br)sc21. The molecule has 1 aliphatic carbocycles. The monoisotopic (exact) mass is 368 g/mol. The second-order valence-electron chi connectivity index (χ2n) is 5.35. The highest BCUT2D eigenvalue weighted by Gasteiger charge is 2.24. The summed E-state index contributed by atoms with van der Waals surface area (Å²) in [6.45, 7) is 3.22. The summed E-state index contributed by atoms with van der Waals surface area (Å²) in [5.74, 6) is -0.227. The number of nitrogens with zero attached hydrogens (tertiary/aromatic N) is 1. The molecule has 1 aromatic heterocycles. The van der Waals surface area contributed by atoms with Gasteiger partial charge in [-0.05, 0) is 66.4 Å². The summed E-state index contributed by atoms with van der Waals surface area (Å²) in [4.78, 5) is 6.16. The lowest BCUT2D eigenvalue weighted by Crippen LogP contribution is -2.24. The zero-order valence-corrected chi connectivity index (χ0v) is 14.4. The van der Waals surface area contributed by atoms with Crippen molar-refractivity contribution in [3.63, 3.8) is 0 Å². The molecule has 1 N–H and O–H groups in total. The first kappa shape index (κ1) is 15.1. The third-order valence-electron chi connectivity index (χ3n) is 3.75. The minimum atomic E-state index is -0.227. The molecule has 0 amide bonds. The van der Waals surface area contributed by atoms with Crippen LogP contribution in [0.1, 0.15) is 42.8 Å². The minimum absolute atomic E-state index is 0.227. The summed E-state index contributed by atoms with van der Waals surface area (Å²) in [6, 6.07) is 5.23. The Kier molecular flexibility index (Phi) is 4.72. The fourth-order valence-electron chi connectivity index (χ4n) is 2.71. The number of nitrogens with one attached hydrogen (secondary N) is 1. The number of hydrogen-bond acceptors (Lipinski definition) is 3. The van der Waals surface area contributed by atoms with Gasteiger partial charge in [0.15, 0.2) is 0 Å². The Morgan fingerprint density at radius 2 is 2.33 bits per heavy atom. The van der Waals surface area contributed by atoms with Crippen molar-refractivity contribution in [3.8, 4) is 10.6 Å². The van der Waals surface area contributed by atoms with Gasteiger partial charge < -0.3 is 5.32 Å². The molecule has 0 spiro atoms. The van der Waals surface area contributed by atoms with Crippen molar-refractivity contribution in [2.45, 2.75) is 38.6 Å². The number of aromatic nitrogens is 1. The highest BCUT2D eigenvalue weighted by Crippen LogP contribution is 2.39. The van der Waals surface area contributed by atoms with Crippen LogP contribution in [-0.4, -0.2) is 11.5 Å². The van der Waals surface area contributed by atoms with E-state index in [-0.39, 0.29) is 5.82 Å². The Morgan fingerprint density at radius 1 is 1.48 bits per heavy atom. The van der Waals surface area contributed by atoms with Gasteiger partial charge in [-0.1, -0.05) is 6.92 Å². The molecule has 3 rings (SSSR count). The first-order valence-corrected chi connectivity index (χ1v) is 8.98. The van der Waals surface area contributed by atoms with E-state index in [2.05, 4.69) is 28.2 Å². The fourth-order valence-corrected chi connectivity index (χ4v) is 4.64. The first-order chi connectivity index (χ1) is 10.2. The molecule has 0 saturated heterocycles. The number of aryl methyl sites for hydroxylation is 1. The molecule has 21 heavy (non-hydrogen) atoms. The Hall–Kier alpha value is -0.780. The van der Waals surface area contributed by atoms with Crippen molar-refractivity contribution in [3.05, 3.63) is 39.1 Å². The van der Waals surface area contributed by atoms with Gasteiger partial charge in [-0.2, -0.15) is 0 Å². The van der Waals surface area contributed by atoms with E-state index in [1.165, 1.54) is 35.5 Å². The van der Waals surface area contributed by atoms with Crippen molar-refractivity contribution in [2.24, 2.45) is 0 Å². The zero-order valence-electron chi connectivity index (χ0n) is 12.0. The van der Waals surface area contributed by atoms with Gasteiger partial charge in [-0.3, -0.25) is 0 Å². The van der Waals surface area contributed by atoms with Crippen molar-refractivity contribution >= 4 is 27.3 Å². The number of hydrogen-bond donors (Lipinski definition) is 1. The van der Waals surface area contributed by atoms with E-state index in [1.54, 1.807) is 17.4 Å². The predicted molar refractivity (Wildman–Crippen MR) is 89.2 cm³/mol. The number of benzene rings is 1. The molecule has 0 bridgehead atoms. The summed E-state index contributed by atoms with van der Waals surface area (Å²) in [5.41, 5.74) is 2.19. The van der Waals surface area contributed by atoms with Crippen molar-refractivity contribution in [1.29, 1.82) is 0 Å². The van der Waals surface area contributed by atoms with Crippen LogP contribution in [-0.2, 0) is 6.42 Å². The van der Waals surface area contributed by atoms with Gasteiger partial charge in [0.2, 0.25) is 0 Å². The lowest BCUT2D eigenvalue weighted by molar-refractivity contribution is 0.465. The van der Waals surface area contributed by atoms with E-state index in [0.717, 1.165) is 34.4 Å². The molecule has 1 atom stereocenters. The third kappa shape index (κ3) is 3.20. The standard InChI is InChI=1S/C16H18BrFN2S/c1-2-8-19-13-4-3-5-14-15(13)21-16(20-14)11-7-6-10(18)9-12(11)17/h6-7,9,13,19H,2-5,8H2,1H3. The molecule has 0 fully saturated rings. The van der Waals surface area contributed by atoms with Gasteiger partial charge in [-0.25, -0.2) is 9.37 Å². The Morgan fingerprint density at radius 3 is 3.10 bits per heavy atom. The van der Waals surface area contributed by atoms with Crippen LogP contribution in [0.3, 0.4) is 0 Å². The number of fused-ring (bicyclic) bond motifs is 1. The van der Waals surface area contributed by atoms with Crippen LogP contribution in [0, 0.1) is 5.82 Å². The van der Waals surface area contributed by atoms with Gasteiger partial charge in [0.1, 0.15) is 10.8 Å². The smallest absolute Gasteiger partial charge is 0.125 e. The summed E-state index contributed by atoms with van der Waals surface area (Å²) in [6.07, 6.45) is 4.55. The van der Waals surface area contributed by atoms with Gasteiger partial charge in [-0.15, -0.1) is 11.3 Å². The molecular formula is C16H18BrFN2S. The van der Waals surface area contributed by atoms with Crippen LogP contribution in [0.4, 0.5) is 4.39 Å². The molecule has 1 aromatic carbocycles. The normalized spacial score (nSPS) is 17.8. The van der Waals surface area contributed by atoms with Gasteiger partial charge in [0, 0.05) is 21.0 Å². The van der Waals surface area contributed by atoms with E-state index in [0.29, 0.717) is 6.04 Å². The third-order valence-corrected chi connectivity index (χ3v) is 5.65. The number of halogens is 2. The summed E-state index contributed by atoms with van der Waals surface area (Å²) in [5, 5.41) is 4.60. The number of rotatable bonds is 4. The van der Waals surface area contributed by atoms with Gasteiger partial charge >= 0.3 is 0 Å². The summed E-state index contributed by atoms with van der Waals surface area (Å²) >= 11 is 5.19. The average Bonchev–Trinajstić information content (AvgIpc) is 2.89. The van der Waals surface area contributed by atoms with Crippen LogP contribution in [0.2, 0.25) is 0 Å². The molecule has 0 aliphatic heterocycles. The topological polar surface area (TPSA) is 24.9 Å². The molecule has 2 aromatic rings. The highest BCUT2D eigenvalue weighted by atomic mass is 79.9. The zero-order chi connectivity index (χ0) is 14.8. The average molecular weight is 369 g/mol. The summed E-state index contributed by atoms with van der Waals surface area (Å²) < 4.78 is 14.0. The molecule has 1 aliphatic rings. The highest BCUT2D eigenvalue weighted by molar-refractivity contribution is 9.10. The van der Waals surface area contributed by atoms with Crippen LogP contribution < -0.4 is 5.32 Å². The molecule has 2 nitrogen and oxygen atoms in total. The van der Waals surface area contributed by atoms with Crippen molar-refractivity contribution < 1.29 is 4.39 Å². The lowest BCUT2D eigenvalue weighted by Gasteiger charge is -2.22. The largest absolute Gasteiger partial charge is 0.309 e. The fraction of sp³-hybridized carbons (Fsp3) is 0.438. The Bertz CT molecular complexity index is 641. The van der Waals surface area contributed by atoms with Crippen molar-refractivity contribution in [2.75, 3.05) is 6.54 Å². The van der Waals surface area contributed by atoms with Crippen molar-refractivity contribution in [1.82, 2.24) is 10.3 Å². The van der Waals surface area contributed by atoms with Crippen LogP contribution in [0.5, 0.6) is 0 Å². The maximum absolute atomic E-state index is 13.2. The second kappa shape index (κ2) is 6.55. The van der Waals surface area contributed by atoms with Gasteiger partial charge in [0.05, 0.1) is 5.69 Å². The van der Waals surface area contributed by atoms with Crippen LogP contribution >= 0.6 is 27.3 Å². The van der Waals surface area contributed by atoms with Crippen LogP contribution in [0.15, 0.2) is 22.7 Å². The van der Waals surface area contributed by atoms with E-state index < -0.39 is 0 Å². The van der Waals surface area contributed by atoms with Crippen LogP contribution in [0.25, 0.3) is 10.6 Å². The molecule has 1 heterocycles. The van der Waals surface area contributed by atoms with E-state index in [1.807, 2.05) is 0 Å². The Balaban J connectivity index is 1.94. The second-order valence-corrected chi connectivity index (χ2v) is 7.24. The molecule has 1 unspecified atom stereocenters.